The molecule has 1 aromatic carbocycles. The number of piperidine rings is 2. The van der Waals surface area contributed by atoms with E-state index in [4.69, 9.17) is 22.3 Å². The van der Waals surface area contributed by atoms with Gasteiger partial charge in [0.25, 0.3) is 5.56 Å². The second-order valence-electron chi connectivity index (χ2n) is 10.6. The zero-order valence-electron chi connectivity index (χ0n) is 22.3. The van der Waals surface area contributed by atoms with Gasteiger partial charge in [0.2, 0.25) is 11.9 Å². The van der Waals surface area contributed by atoms with Crippen LogP contribution in [0.2, 0.25) is 5.02 Å². The molecule has 2 aliphatic heterocycles. The Balaban J connectivity index is 1.18. The SMILES string of the molecule is Cc1nc(N2CCC3(CCN(c4ncccn4)CC3N)CC2)n(C)c(=O)c1Sc1ccc2nn(C)cc2c1Cl. The topological polar surface area (TPSA) is 111 Å². The van der Waals surface area contributed by atoms with Crippen molar-refractivity contribution in [2.75, 3.05) is 36.0 Å². The quantitative estimate of drug-likeness (QED) is 0.398. The third kappa shape index (κ3) is 4.66. The molecule has 6 rings (SSSR count). The second-order valence-corrected chi connectivity index (χ2v) is 12.0. The number of nitrogens with zero attached hydrogens (tertiary/aromatic N) is 8. The first kappa shape index (κ1) is 26.1. The number of fused-ring (bicyclic) bond motifs is 1. The van der Waals surface area contributed by atoms with Crippen LogP contribution in [0.15, 0.2) is 51.4 Å². The molecule has 2 aliphatic rings. The Hall–Kier alpha value is -3.15. The van der Waals surface area contributed by atoms with Gasteiger partial charge in [0.05, 0.1) is 21.1 Å². The summed E-state index contributed by atoms with van der Waals surface area (Å²) in [6.45, 7) is 5.16. The molecule has 0 radical (unpaired) electrons. The van der Waals surface area contributed by atoms with Crippen LogP contribution in [0.1, 0.15) is 25.0 Å². The van der Waals surface area contributed by atoms with Gasteiger partial charge in [-0.15, -0.1) is 0 Å². The van der Waals surface area contributed by atoms with Gasteiger partial charge in [0.1, 0.15) is 0 Å². The fourth-order valence-corrected chi connectivity index (χ4v) is 7.19. The Morgan fingerprint density at radius 2 is 1.77 bits per heavy atom. The highest BCUT2D eigenvalue weighted by molar-refractivity contribution is 7.99. The molecule has 0 bridgehead atoms. The molecule has 2 fully saturated rings. The maximum Gasteiger partial charge on any atom is 0.268 e. The fraction of sp³-hybridized carbons (Fsp3) is 0.444. The smallest absolute Gasteiger partial charge is 0.268 e. The van der Waals surface area contributed by atoms with Crippen molar-refractivity contribution < 1.29 is 0 Å². The van der Waals surface area contributed by atoms with Crippen molar-refractivity contribution in [2.24, 2.45) is 25.2 Å². The average Bonchev–Trinajstić information content (AvgIpc) is 3.33. The van der Waals surface area contributed by atoms with Crippen molar-refractivity contribution in [1.82, 2.24) is 29.3 Å². The van der Waals surface area contributed by atoms with E-state index < -0.39 is 0 Å². The van der Waals surface area contributed by atoms with E-state index in [0.717, 1.165) is 67.2 Å². The number of benzene rings is 1. The summed E-state index contributed by atoms with van der Waals surface area (Å²) >= 11 is 8.06. The van der Waals surface area contributed by atoms with E-state index in [9.17, 15) is 4.79 Å². The lowest BCUT2D eigenvalue weighted by Gasteiger charge is -2.50. The van der Waals surface area contributed by atoms with Crippen LogP contribution in [0.25, 0.3) is 10.9 Å². The van der Waals surface area contributed by atoms with E-state index >= 15 is 0 Å². The second kappa shape index (κ2) is 10.1. The monoisotopic (exact) mass is 565 g/mol. The van der Waals surface area contributed by atoms with Gasteiger partial charge in [0, 0.05) is 75.2 Å². The van der Waals surface area contributed by atoms with Crippen LogP contribution in [0.3, 0.4) is 0 Å². The van der Waals surface area contributed by atoms with Gasteiger partial charge in [-0.3, -0.25) is 14.0 Å². The number of rotatable bonds is 4. The van der Waals surface area contributed by atoms with E-state index in [1.54, 1.807) is 28.7 Å². The van der Waals surface area contributed by atoms with Gasteiger partial charge in [-0.2, -0.15) is 5.10 Å². The van der Waals surface area contributed by atoms with Crippen molar-refractivity contribution >= 4 is 46.2 Å². The number of aryl methyl sites for hydroxylation is 2. The Kier molecular flexibility index (Phi) is 6.76. The molecule has 0 amide bonds. The molecule has 39 heavy (non-hydrogen) atoms. The molecule has 10 nitrogen and oxygen atoms in total. The Morgan fingerprint density at radius 3 is 2.46 bits per heavy atom. The first-order valence-electron chi connectivity index (χ1n) is 13.2. The van der Waals surface area contributed by atoms with E-state index in [2.05, 4.69) is 24.9 Å². The van der Waals surface area contributed by atoms with Crippen molar-refractivity contribution in [3.8, 4) is 0 Å². The molecule has 1 spiro atoms. The molecule has 1 atom stereocenters. The third-order valence-corrected chi connectivity index (χ3v) is 10.0. The van der Waals surface area contributed by atoms with Gasteiger partial charge in [-0.25, -0.2) is 15.0 Å². The highest BCUT2D eigenvalue weighted by atomic mass is 35.5. The number of halogens is 1. The van der Waals surface area contributed by atoms with Crippen molar-refractivity contribution in [3.63, 3.8) is 0 Å². The van der Waals surface area contributed by atoms with Gasteiger partial charge in [0.15, 0.2) is 0 Å². The summed E-state index contributed by atoms with van der Waals surface area (Å²) in [5.41, 5.74) is 8.30. The first-order valence-corrected chi connectivity index (χ1v) is 14.3. The van der Waals surface area contributed by atoms with Crippen LogP contribution in [0.4, 0.5) is 11.9 Å². The number of hydrogen-bond acceptors (Lipinski definition) is 9. The molecule has 1 unspecified atom stereocenters. The largest absolute Gasteiger partial charge is 0.342 e. The molecule has 4 aromatic rings. The molecule has 2 saturated heterocycles. The van der Waals surface area contributed by atoms with Gasteiger partial charge in [-0.1, -0.05) is 23.4 Å². The Bertz CT molecular complexity index is 1580. The lowest BCUT2D eigenvalue weighted by Crippen LogP contribution is -2.59. The zero-order chi connectivity index (χ0) is 27.3. The van der Waals surface area contributed by atoms with E-state index in [-0.39, 0.29) is 17.0 Å². The van der Waals surface area contributed by atoms with Gasteiger partial charge in [-0.05, 0) is 49.8 Å². The van der Waals surface area contributed by atoms with Crippen molar-refractivity contribution in [1.29, 1.82) is 0 Å². The predicted octanol–water partition coefficient (Wildman–Crippen LogP) is 3.39. The molecule has 5 heterocycles. The minimum atomic E-state index is -0.0713. The summed E-state index contributed by atoms with van der Waals surface area (Å²) < 4.78 is 3.40. The average molecular weight is 566 g/mol. The zero-order valence-corrected chi connectivity index (χ0v) is 23.9. The maximum absolute atomic E-state index is 13.5. The summed E-state index contributed by atoms with van der Waals surface area (Å²) in [4.78, 5) is 33.0. The minimum Gasteiger partial charge on any atom is -0.342 e. The van der Waals surface area contributed by atoms with Crippen molar-refractivity contribution in [2.45, 2.75) is 42.0 Å². The molecule has 3 aromatic heterocycles. The summed E-state index contributed by atoms with van der Waals surface area (Å²) in [6.07, 6.45) is 8.36. The maximum atomic E-state index is 13.5. The molecular formula is C27H32ClN9OS. The van der Waals surface area contributed by atoms with Crippen LogP contribution in [-0.4, -0.2) is 61.5 Å². The number of anilines is 2. The van der Waals surface area contributed by atoms with Crippen LogP contribution < -0.4 is 21.1 Å². The minimum absolute atomic E-state index is 0.0383. The van der Waals surface area contributed by atoms with E-state index in [1.165, 1.54) is 11.8 Å². The Labute approximate surface area is 236 Å². The third-order valence-electron chi connectivity index (χ3n) is 8.27. The molecule has 0 aliphatic carbocycles. The highest BCUT2D eigenvalue weighted by Gasteiger charge is 2.44. The number of nitrogens with two attached hydrogens (primary N) is 1. The van der Waals surface area contributed by atoms with E-state index in [0.29, 0.717) is 21.6 Å². The lowest BCUT2D eigenvalue weighted by atomic mass is 9.68. The number of hydrogen-bond donors (Lipinski definition) is 1. The Morgan fingerprint density at radius 1 is 1.08 bits per heavy atom. The van der Waals surface area contributed by atoms with Gasteiger partial charge < -0.3 is 15.5 Å². The molecule has 204 valence electrons. The standard InChI is InChI=1S/C27H32ClN9OS/c1-17-23(39-20-6-5-19-18(22(20)28)15-34(2)33-19)24(38)35(3)26(32-17)36-12-7-27(8-13-36)9-14-37(16-21(27)29)25-30-10-4-11-31-25/h4-6,10-11,15,21H,7-9,12-14,16,29H2,1-3H3. The summed E-state index contributed by atoms with van der Waals surface area (Å²) in [5.74, 6) is 1.45. The van der Waals surface area contributed by atoms with Crippen LogP contribution in [0.5, 0.6) is 0 Å². The van der Waals surface area contributed by atoms with Crippen LogP contribution in [0, 0.1) is 12.3 Å². The van der Waals surface area contributed by atoms with Crippen LogP contribution in [-0.2, 0) is 14.1 Å². The highest BCUT2D eigenvalue weighted by Crippen LogP contribution is 2.42. The lowest BCUT2D eigenvalue weighted by molar-refractivity contribution is 0.135. The normalized spacial score (nSPS) is 19.3. The molecule has 0 saturated carbocycles. The molecule has 2 N–H and O–H groups in total. The van der Waals surface area contributed by atoms with Crippen LogP contribution >= 0.6 is 23.4 Å². The molecular weight excluding hydrogens is 534 g/mol. The molecule has 12 heteroatoms. The summed E-state index contributed by atoms with van der Waals surface area (Å²) in [5, 5.41) is 5.87. The first-order chi connectivity index (χ1) is 18.8. The van der Waals surface area contributed by atoms with Crippen molar-refractivity contribution in [3.05, 3.63) is 57.9 Å². The fourth-order valence-electron chi connectivity index (χ4n) is 5.90. The summed E-state index contributed by atoms with van der Waals surface area (Å²) in [7, 11) is 3.67. The van der Waals surface area contributed by atoms with Gasteiger partial charge >= 0.3 is 0 Å². The number of aromatic nitrogens is 6. The summed E-state index contributed by atoms with van der Waals surface area (Å²) in [6, 6.07) is 5.71. The van der Waals surface area contributed by atoms with E-state index in [1.807, 2.05) is 38.4 Å². The predicted molar refractivity (Wildman–Crippen MR) is 155 cm³/mol.